The molecule has 158 valence electrons. The van der Waals surface area contributed by atoms with Crippen molar-refractivity contribution in [3.63, 3.8) is 0 Å². The van der Waals surface area contributed by atoms with E-state index >= 15 is 0 Å². The minimum atomic E-state index is -3.76. The number of sulfonamides is 2. The molecule has 10 heteroatoms. The van der Waals surface area contributed by atoms with Gasteiger partial charge in [0.05, 0.1) is 33.6 Å². The lowest BCUT2D eigenvalue weighted by molar-refractivity contribution is -0.104. The highest BCUT2D eigenvalue weighted by molar-refractivity contribution is 7.89. The molecule has 0 unspecified atom stereocenters. The number of nitriles is 1. The van der Waals surface area contributed by atoms with Gasteiger partial charge in [0.25, 0.3) is 0 Å². The molecule has 2 heterocycles. The highest BCUT2D eigenvalue weighted by Gasteiger charge is 2.43. The van der Waals surface area contributed by atoms with Crippen molar-refractivity contribution in [2.75, 3.05) is 26.2 Å². The molecule has 0 N–H and O–H groups in total. The van der Waals surface area contributed by atoms with Crippen LogP contribution in [0.1, 0.15) is 11.1 Å². The average molecular weight is 448 g/mol. The molecule has 2 aromatic rings. The quantitative estimate of drug-likeness (QED) is 0.700. The Morgan fingerprint density at radius 3 is 1.90 bits per heavy atom. The number of nitrogens with zero attached hydrogens (tertiary/aromatic N) is 3. The van der Waals surface area contributed by atoms with Crippen molar-refractivity contribution in [2.24, 2.45) is 0 Å². The molecule has 2 fully saturated rings. The lowest BCUT2D eigenvalue weighted by Crippen LogP contribution is -2.61. The zero-order valence-electron chi connectivity index (χ0n) is 16.3. The first-order chi connectivity index (χ1) is 14.2. The maximum atomic E-state index is 13.0. The lowest BCUT2D eigenvalue weighted by atomic mass is 10.2. The molecule has 0 saturated carbocycles. The van der Waals surface area contributed by atoms with Crippen molar-refractivity contribution in [2.45, 2.75) is 28.9 Å². The number of rotatable bonds is 4. The highest BCUT2D eigenvalue weighted by atomic mass is 32.2. The van der Waals surface area contributed by atoms with Crippen molar-refractivity contribution >= 4 is 20.0 Å². The van der Waals surface area contributed by atoms with Gasteiger partial charge in [0.2, 0.25) is 20.0 Å². The van der Waals surface area contributed by atoms with E-state index in [4.69, 9.17) is 10.00 Å². The molecular weight excluding hydrogens is 426 g/mol. The van der Waals surface area contributed by atoms with Crippen LogP contribution in [0.25, 0.3) is 0 Å². The third-order valence-corrected chi connectivity index (χ3v) is 8.94. The van der Waals surface area contributed by atoms with Gasteiger partial charge < -0.3 is 4.74 Å². The van der Waals surface area contributed by atoms with Crippen LogP contribution in [0, 0.1) is 18.3 Å². The summed E-state index contributed by atoms with van der Waals surface area (Å²) < 4.78 is 60.7. The maximum Gasteiger partial charge on any atom is 0.243 e. The molecule has 2 bridgehead atoms. The number of hydrogen-bond acceptors (Lipinski definition) is 6. The third kappa shape index (κ3) is 3.87. The van der Waals surface area contributed by atoms with E-state index in [0.717, 1.165) is 5.56 Å². The van der Waals surface area contributed by atoms with E-state index in [1.807, 2.05) is 19.1 Å². The second-order valence-electron chi connectivity index (χ2n) is 7.48. The van der Waals surface area contributed by atoms with Crippen molar-refractivity contribution < 1.29 is 21.6 Å². The summed E-state index contributed by atoms with van der Waals surface area (Å²) in [5, 5.41) is 8.90. The Labute approximate surface area is 176 Å². The number of benzene rings is 2. The maximum absolute atomic E-state index is 13.0. The van der Waals surface area contributed by atoms with E-state index in [-0.39, 0.29) is 36.0 Å². The van der Waals surface area contributed by atoms with Gasteiger partial charge in [0.1, 0.15) is 0 Å². The Balaban J connectivity index is 1.53. The Bertz CT molecular complexity index is 1190. The molecule has 4 rings (SSSR count). The Kier molecular flexibility index (Phi) is 5.42. The highest BCUT2D eigenvalue weighted by Crippen LogP contribution is 2.28. The molecule has 0 spiro atoms. The van der Waals surface area contributed by atoms with Crippen molar-refractivity contribution in [3.8, 4) is 6.07 Å². The number of aryl methyl sites for hydroxylation is 1. The molecule has 0 amide bonds. The van der Waals surface area contributed by atoms with E-state index in [1.165, 1.54) is 32.9 Å². The normalized spacial score (nSPS) is 23.1. The predicted molar refractivity (Wildman–Crippen MR) is 109 cm³/mol. The monoisotopic (exact) mass is 447 g/mol. The number of fused-ring (bicyclic) bond motifs is 2. The van der Waals surface area contributed by atoms with Crippen LogP contribution in [0.4, 0.5) is 0 Å². The van der Waals surface area contributed by atoms with Gasteiger partial charge in [0, 0.05) is 26.2 Å². The van der Waals surface area contributed by atoms with Crippen LogP contribution >= 0.6 is 0 Å². The summed E-state index contributed by atoms with van der Waals surface area (Å²) in [6.45, 7) is 2.15. The van der Waals surface area contributed by atoms with Crippen LogP contribution in [0.15, 0.2) is 58.3 Å². The van der Waals surface area contributed by atoms with Gasteiger partial charge in [-0.1, -0.05) is 12.1 Å². The van der Waals surface area contributed by atoms with Crippen LogP contribution in [0.5, 0.6) is 0 Å². The fourth-order valence-electron chi connectivity index (χ4n) is 3.79. The summed E-state index contributed by atoms with van der Waals surface area (Å²) in [6, 6.07) is 14.4. The molecule has 2 aromatic carbocycles. The first kappa shape index (κ1) is 21.0. The topological polar surface area (TPSA) is 108 Å². The van der Waals surface area contributed by atoms with Gasteiger partial charge in [0.15, 0.2) is 0 Å². The fraction of sp³-hybridized carbons (Fsp3) is 0.350. The fourth-order valence-corrected chi connectivity index (χ4v) is 6.90. The van der Waals surface area contributed by atoms with Crippen molar-refractivity contribution in [1.29, 1.82) is 5.26 Å². The van der Waals surface area contributed by atoms with Crippen LogP contribution in [-0.2, 0) is 24.8 Å². The molecule has 2 aliphatic rings. The summed E-state index contributed by atoms with van der Waals surface area (Å²) in [6.07, 6.45) is -1.10. The van der Waals surface area contributed by atoms with Crippen LogP contribution in [0.3, 0.4) is 0 Å². The number of hydrogen-bond donors (Lipinski definition) is 0. The molecule has 2 aliphatic heterocycles. The first-order valence-corrected chi connectivity index (χ1v) is 12.3. The molecule has 2 atom stereocenters. The lowest BCUT2D eigenvalue weighted by Gasteiger charge is -2.44. The van der Waals surface area contributed by atoms with Gasteiger partial charge >= 0.3 is 0 Å². The number of morpholine rings is 2. The van der Waals surface area contributed by atoms with Crippen molar-refractivity contribution in [3.05, 3.63) is 59.7 Å². The van der Waals surface area contributed by atoms with Crippen LogP contribution < -0.4 is 0 Å². The van der Waals surface area contributed by atoms with E-state index < -0.39 is 32.3 Å². The summed E-state index contributed by atoms with van der Waals surface area (Å²) in [4.78, 5) is 0.329. The summed E-state index contributed by atoms with van der Waals surface area (Å²) in [5.41, 5.74) is 1.23. The van der Waals surface area contributed by atoms with Gasteiger partial charge in [-0.3, -0.25) is 0 Å². The average Bonchev–Trinajstić information content (AvgIpc) is 2.73. The molecule has 0 aliphatic carbocycles. The number of ether oxygens (including phenoxy) is 1. The third-order valence-electron chi connectivity index (χ3n) is 5.26. The van der Waals surface area contributed by atoms with E-state index in [9.17, 15) is 16.8 Å². The van der Waals surface area contributed by atoms with Crippen LogP contribution in [-0.4, -0.2) is 63.8 Å². The Hall–Kier alpha value is -2.29. The van der Waals surface area contributed by atoms with E-state index in [2.05, 4.69) is 0 Å². The SMILES string of the molecule is Cc1cccc(S(=O)(=O)N2C[C@H]3CN(S(=O)(=O)c4ccc(C#N)cc4)C[C@@H](C2)O3)c1. The van der Waals surface area contributed by atoms with Crippen LogP contribution in [0.2, 0.25) is 0 Å². The van der Waals surface area contributed by atoms with E-state index in [0.29, 0.717) is 5.56 Å². The zero-order chi connectivity index (χ0) is 21.5. The molecule has 30 heavy (non-hydrogen) atoms. The zero-order valence-corrected chi connectivity index (χ0v) is 17.9. The largest absolute Gasteiger partial charge is 0.369 e. The first-order valence-electron chi connectivity index (χ1n) is 9.43. The van der Waals surface area contributed by atoms with Crippen molar-refractivity contribution in [1.82, 2.24) is 8.61 Å². The Morgan fingerprint density at radius 2 is 1.40 bits per heavy atom. The summed E-state index contributed by atoms with van der Waals surface area (Å²) in [5.74, 6) is 0. The Morgan fingerprint density at radius 1 is 0.867 bits per heavy atom. The predicted octanol–water partition coefficient (Wildman–Crippen LogP) is 1.33. The van der Waals surface area contributed by atoms with E-state index in [1.54, 1.807) is 18.2 Å². The van der Waals surface area contributed by atoms with Gasteiger partial charge in [-0.15, -0.1) is 0 Å². The minimum Gasteiger partial charge on any atom is -0.369 e. The summed E-state index contributed by atoms with van der Waals surface area (Å²) >= 11 is 0. The second-order valence-corrected chi connectivity index (χ2v) is 11.4. The van der Waals surface area contributed by atoms with Gasteiger partial charge in [-0.2, -0.15) is 13.9 Å². The molecular formula is C20H21N3O5S2. The molecule has 2 saturated heterocycles. The molecule has 0 radical (unpaired) electrons. The van der Waals surface area contributed by atoms with Gasteiger partial charge in [-0.05, 0) is 48.9 Å². The molecule has 0 aromatic heterocycles. The standard InChI is InChI=1S/C20H21N3O5S2/c1-15-3-2-4-20(9-15)30(26,27)23-13-17-11-22(12-18(14-23)28-17)29(24,25)19-7-5-16(10-21)6-8-19/h2-9,17-18H,11-14H2,1H3/t17-,18+. The van der Waals surface area contributed by atoms with Gasteiger partial charge in [-0.25, -0.2) is 16.8 Å². The minimum absolute atomic E-state index is 0.0681. The molecule has 8 nitrogen and oxygen atoms in total. The smallest absolute Gasteiger partial charge is 0.243 e. The second kappa shape index (κ2) is 7.76. The summed E-state index contributed by atoms with van der Waals surface area (Å²) in [7, 11) is -7.45.